The van der Waals surface area contributed by atoms with Crippen molar-refractivity contribution in [3.05, 3.63) is 47.5 Å². The molecule has 0 unspecified atom stereocenters. The van der Waals surface area contributed by atoms with Crippen LogP contribution in [0.25, 0.3) is 22.3 Å². The van der Waals surface area contributed by atoms with Gasteiger partial charge in [-0.2, -0.15) is 5.10 Å². The highest BCUT2D eigenvalue weighted by Crippen LogP contribution is 2.37. The van der Waals surface area contributed by atoms with E-state index in [0.717, 1.165) is 56.5 Å². The zero-order chi connectivity index (χ0) is 27.4. The molecule has 0 spiro atoms. The second kappa shape index (κ2) is 9.88. The van der Waals surface area contributed by atoms with Crippen molar-refractivity contribution in [2.24, 2.45) is 18.9 Å². The molecule has 40 heavy (non-hydrogen) atoms. The van der Waals surface area contributed by atoms with Crippen molar-refractivity contribution >= 4 is 28.6 Å². The van der Waals surface area contributed by atoms with E-state index >= 15 is 4.39 Å². The maximum Gasteiger partial charge on any atom is 0.258 e. The van der Waals surface area contributed by atoms with Crippen LogP contribution in [-0.4, -0.2) is 63.0 Å². The maximum absolute atomic E-state index is 15.3. The molecule has 4 aromatic rings. The number of nitrogens with zero attached hydrogens (tertiary/aromatic N) is 6. The van der Waals surface area contributed by atoms with Gasteiger partial charge >= 0.3 is 0 Å². The van der Waals surface area contributed by atoms with E-state index in [1.807, 2.05) is 20.0 Å². The van der Waals surface area contributed by atoms with Crippen LogP contribution in [0.1, 0.15) is 35.3 Å². The van der Waals surface area contributed by atoms with Gasteiger partial charge in [-0.15, -0.1) is 0 Å². The summed E-state index contributed by atoms with van der Waals surface area (Å²) in [7, 11) is 1.86. The Morgan fingerprint density at radius 2 is 1.90 bits per heavy atom. The van der Waals surface area contributed by atoms with E-state index in [0.29, 0.717) is 65.0 Å². The molecule has 208 valence electrons. The molecule has 11 heteroatoms. The molecule has 1 aliphatic carbocycles. The highest BCUT2D eigenvalue weighted by atomic mass is 19.1. The number of halogens is 1. The average molecular weight is 545 g/mol. The first-order chi connectivity index (χ1) is 19.4. The third kappa shape index (κ3) is 4.47. The topological polar surface area (TPSA) is 102 Å². The summed E-state index contributed by atoms with van der Waals surface area (Å²) in [6.45, 7) is 6.26. The molecule has 1 saturated heterocycles. The summed E-state index contributed by atoms with van der Waals surface area (Å²) in [5.74, 6) is 1.29. The third-order valence-electron chi connectivity index (χ3n) is 8.42. The van der Waals surface area contributed by atoms with Crippen LogP contribution in [0.4, 0.5) is 16.0 Å². The Bertz CT molecular complexity index is 1610. The van der Waals surface area contributed by atoms with E-state index in [2.05, 4.69) is 30.2 Å². The number of hydrogen-bond donors (Lipinski definition) is 2. The van der Waals surface area contributed by atoms with Gasteiger partial charge < -0.3 is 19.5 Å². The lowest BCUT2D eigenvalue weighted by Gasteiger charge is -2.29. The fourth-order valence-corrected chi connectivity index (χ4v) is 6.40. The lowest BCUT2D eigenvalue weighted by atomic mass is 10.1. The fourth-order valence-electron chi connectivity index (χ4n) is 6.40. The van der Waals surface area contributed by atoms with Crippen molar-refractivity contribution in [1.82, 2.24) is 29.6 Å². The second-order valence-electron chi connectivity index (χ2n) is 11.3. The first-order valence-electron chi connectivity index (χ1n) is 14.0. The van der Waals surface area contributed by atoms with E-state index in [1.165, 1.54) is 6.07 Å². The molecule has 3 aromatic heterocycles. The molecule has 7 rings (SSSR count). The van der Waals surface area contributed by atoms with Crippen LogP contribution in [0.5, 0.6) is 5.88 Å². The minimum Gasteiger partial charge on any atom is -0.477 e. The molecule has 2 fully saturated rings. The van der Waals surface area contributed by atoms with Crippen molar-refractivity contribution in [2.75, 3.05) is 43.0 Å². The van der Waals surface area contributed by atoms with Gasteiger partial charge in [-0.25, -0.2) is 14.1 Å². The number of carbonyl (C=O) groups excluding carboxylic acids is 1. The minimum atomic E-state index is -0.295. The predicted octanol–water partition coefficient (Wildman–Crippen LogP) is 3.75. The van der Waals surface area contributed by atoms with Crippen molar-refractivity contribution in [3.8, 4) is 17.1 Å². The molecule has 1 aromatic carbocycles. The Kier molecular flexibility index (Phi) is 6.18. The van der Waals surface area contributed by atoms with Gasteiger partial charge in [-0.1, -0.05) is 0 Å². The highest BCUT2D eigenvalue weighted by molar-refractivity contribution is 6.05. The summed E-state index contributed by atoms with van der Waals surface area (Å²) in [6.07, 6.45) is 4.83. The molecule has 10 nitrogen and oxygen atoms in total. The van der Waals surface area contributed by atoms with Gasteiger partial charge in [0.15, 0.2) is 0 Å². The van der Waals surface area contributed by atoms with Gasteiger partial charge in [0.25, 0.3) is 5.91 Å². The number of benzene rings is 1. The molecule has 1 saturated carbocycles. The number of hydrogen-bond acceptors (Lipinski definition) is 7. The first-order valence-corrected chi connectivity index (χ1v) is 14.0. The Morgan fingerprint density at radius 1 is 1.07 bits per heavy atom. The molecule has 4 bridgehead atoms. The fraction of sp³-hybridized carbons (Fsp3) is 0.448. The largest absolute Gasteiger partial charge is 0.477 e. The van der Waals surface area contributed by atoms with Crippen LogP contribution in [0.15, 0.2) is 30.5 Å². The summed E-state index contributed by atoms with van der Waals surface area (Å²) in [5.41, 5.74) is 4.50. The van der Waals surface area contributed by atoms with E-state index in [1.54, 1.807) is 23.0 Å². The Labute approximate surface area is 231 Å². The smallest absolute Gasteiger partial charge is 0.258 e. The lowest BCUT2D eigenvalue weighted by Crippen LogP contribution is -2.43. The van der Waals surface area contributed by atoms with Crippen LogP contribution in [0.2, 0.25) is 0 Å². The monoisotopic (exact) mass is 544 g/mol. The van der Waals surface area contributed by atoms with Gasteiger partial charge in [-0.3, -0.25) is 15.1 Å². The highest BCUT2D eigenvalue weighted by Gasteiger charge is 2.29. The average Bonchev–Trinajstić information content (AvgIpc) is 3.64. The molecule has 0 radical (unpaired) electrons. The summed E-state index contributed by atoms with van der Waals surface area (Å²) in [5, 5.41) is 10.8. The van der Waals surface area contributed by atoms with Crippen LogP contribution in [0, 0.1) is 24.6 Å². The second-order valence-corrected chi connectivity index (χ2v) is 11.3. The number of aryl methyl sites for hydroxylation is 2. The summed E-state index contributed by atoms with van der Waals surface area (Å²) in [6, 6.07) is 6.92. The van der Waals surface area contributed by atoms with E-state index in [9.17, 15) is 4.79 Å². The number of pyridine rings is 1. The number of carbonyl (C=O) groups is 1. The van der Waals surface area contributed by atoms with Crippen molar-refractivity contribution in [3.63, 3.8) is 0 Å². The van der Waals surface area contributed by atoms with Crippen LogP contribution >= 0.6 is 0 Å². The molecule has 3 aliphatic rings. The number of aromatic nitrogens is 5. The van der Waals surface area contributed by atoms with Crippen LogP contribution in [0.3, 0.4) is 0 Å². The van der Waals surface area contributed by atoms with E-state index in [4.69, 9.17) is 9.72 Å². The number of rotatable bonds is 1. The van der Waals surface area contributed by atoms with Crippen molar-refractivity contribution < 1.29 is 13.9 Å². The zero-order valence-corrected chi connectivity index (χ0v) is 22.8. The number of piperazine rings is 1. The molecule has 2 N–H and O–H groups in total. The molecular formula is C29H33FN8O2. The maximum atomic E-state index is 15.3. The van der Waals surface area contributed by atoms with Gasteiger partial charge in [-0.05, 0) is 56.2 Å². The predicted molar refractivity (Wildman–Crippen MR) is 150 cm³/mol. The lowest BCUT2D eigenvalue weighted by molar-refractivity contribution is 0.102. The summed E-state index contributed by atoms with van der Waals surface area (Å²) in [4.78, 5) is 25.1. The molecule has 2 atom stereocenters. The number of fused-ring (bicyclic) bond motifs is 9. The number of anilines is 2. The van der Waals surface area contributed by atoms with Crippen molar-refractivity contribution in [2.45, 2.75) is 32.7 Å². The molecule has 5 heterocycles. The quantitative estimate of drug-likeness (QED) is 0.376. The third-order valence-corrected chi connectivity index (χ3v) is 8.42. The Morgan fingerprint density at radius 3 is 2.75 bits per heavy atom. The number of imidazole rings is 1. The number of nitrogens with one attached hydrogen (secondary N) is 2. The van der Waals surface area contributed by atoms with E-state index in [-0.39, 0.29) is 11.7 Å². The normalized spacial score (nSPS) is 21.3. The molecule has 1 amide bonds. The molecular weight excluding hydrogens is 511 g/mol. The number of amides is 1. The zero-order valence-electron chi connectivity index (χ0n) is 22.8. The van der Waals surface area contributed by atoms with Gasteiger partial charge in [0.2, 0.25) is 11.8 Å². The minimum absolute atomic E-state index is 0.293. The first kappa shape index (κ1) is 25.0. The van der Waals surface area contributed by atoms with Gasteiger partial charge in [0, 0.05) is 57.1 Å². The van der Waals surface area contributed by atoms with Crippen LogP contribution in [-0.2, 0) is 13.6 Å². The summed E-state index contributed by atoms with van der Waals surface area (Å²) >= 11 is 0. The number of ether oxygens (including phenoxy) is 1. The van der Waals surface area contributed by atoms with Crippen LogP contribution < -0.4 is 20.3 Å². The molecule has 2 aliphatic heterocycles. The van der Waals surface area contributed by atoms with Gasteiger partial charge in [0.1, 0.15) is 5.82 Å². The standard InChI is InChI=1S/C29H33FN8O2/c1-17-9-20-11-23(33-17)21-14-32-36(2)28(21)40-16-19-4-3-18(10-19)15-38-26-13-25(37-7-5-31-6-8-37)22(30)12-24(26)34-29(38)35-27(20)39/h9,11-14,18-19,31H,3-8,10,15-16H2,1-2H3,(H,34,35,39)/t18-,19+/m1/s1. The van der Waals surface area contributed by atoms with E-state index < -0.39 is 0 Å². The van der Waals surface area contributed by atoms with Gasteiger partial charge in [0.05, 0.1) is 40.8 Å². The Balaban J connectivity index is 1.34. The van der Waals surface area contributed by atoms with Crippen molar-refractivity contribution in [1.29, 1.82) is 0 Å². The summed E-state index contributed by atoms with van der Waals surface area (Å²) < 4.78 is 25.4. The SMILES string of the molecule is Cc1cc2cc(n1)-c1cnn(C)c1OC[C@H]1CC[C@H](C1)Cn1c(nc3cc(F)c(N4CCNCC4)cc31)NC2=O. The Hall–Kier alpha value is -3.99.